The molecule has 1 atom stereocenters. The largest absolute Gasteiger partial charge is 0.487 e. The molecule has 2 aromatic rings. The van der Waals surface area contributed by atoms with Crippen molar-refractivity contribution in [1.29, 1.82) is 5.26 Å². The molecule has 2 aromatic carbocycles. The molecule has 0 aliphatic heterocycles. The van der Waals surface area contributed by atoms with Crippen LogP contribution < -0.4 is 4.74 Å². The van der Waals surface area contributed by atoms with Crippen LogP contribution in [0.1, 0.15) is 17.2 Å². The standard InChI is InChI=1S/C15H11ClFNO2/c16-12-4-2-11(3-5-12)14(19)9-20-15-6-1-10(8-18)7-13(15)17/h1-7,14,19H,9H2. The molecule has 0 amide bonds. The lowest BCUT2D eigenvalue weighted by molar-refractivity contribution is 0.106. The maximum atomic E-state index is 13.6. The maximum Gasteiger partial charge on any atom is 0.166 e. The molecule has 0 aliphatic carbocycles. The highest BCUT2D eigenvalue weighted by Crippen LogP contribution is 2.21. The molecule has 0 fully saturated rings. The van der Waals surface area contributed by atoms with Gasteiger partial charge in [-0.2, -0.15) is 5.26 Å². The van der Waals surface area contributed by atoms with Crippen molar-refractivity contribution in [2.45, 2.75) is 6.10 Å². The Morgan fingerprint density at radius 1 is 1.25 bits per heavy atom. The van der Waals surface area contributed by atoms with Crippen molar-refractivity contribution >= 4 is 11.6 Å². The van der Waals surface area contributed by atoms with Gasteiger partial charge in [-0.05, 0) is 35.9 Å². The fourth-order valence-corrected chi connectivity index (χ4v) is 1.76. The van der Waals surface area contributed by atoms with Crippen molar-refractivity contribution in [3.63, 3.8) is 0 Å². The number of hydrogen-bond acceptors (Lipinski definition) is 3. The molecule has 20 heavy (non-hydrogen) atoms. The van der Waals surface area contributed by atoms with Crippen molar-refractivity contribution in [2.75, 3.05) is 6.61 Å². The highest BCUT2D eigenvalue weighted by molar-refractivity contribution is 6.30. The first-order valence-electron chi connectivity index (χ1n) is 5.86. The van der Waals surface area contributed by atoms with Gasteiger partial charge in [0.15, 0.2) is 11.6 Å². The first-order chi connectivity index (χ1) is 9.60. The van der Waals surface area contributed by atoms with Gasteiger partial charge in [0.2, 0.25) is 0 Å². The molecule has 0 heterocycles. The molecule has 5 heteroatoms. The number of ether oxygens (including phenoxy) is 1. The van der Waals surface area contributed by atoms with Gasteiger partial charge in [0.05, 0.1) is 11.6 Å². The van der Waals surface area contributed by atoms with E-state index in [0.717, 1.165) is 6.07 Å². The molecular formula is C15H11ClFNO2. The van der Waals surface area contributed by atoms with E-state index in [-0.39, 0.29) is 17.9 Å². The fraction of sp³-hybridized carbons (Fsp3) is 0.133. The zero-order valence-corrected chi connectivity index (χ0v) is 11.1. The van der Waals surface area contributed by atoms with Gasteiger partial charge in [-0.1, -0.05) is 23.7 Å². The molecule has 1 unspecified atom stereocenters. The summed E-state index contributed by atoms with van der Waals surface area (Å²) in [6.07, 6.45) is -0.887. The van der Waals surface area contributed by atoms with E-state index in [4.69, 9.17) is 21.6 Å². The van der Waals surface area contributed by atoms with Crippen LogP contribution in [0.3, 0.4) is 0 Å². The summed E-state index contributed by atoms with van der Waals surface area (Å²) in [6, 6.07) is 12.4. The Kier molecular flexibility index (Phi) is 4.57. The van der Waals surface area contributed by atoms with Crippen molar-refractivity contribution in [2.24, 2.45) is 0 Å². The average molecular weight is 292 g/mol. The summed E-state index contributed by atoms with van der Waals surface area (Å²) in [6.45, 7) is -0.0928. The van der Waals surface area contributed by atoms with Gasteiger partial charge in [-0.3, -0.25) is 0 Å². The van der Waals surface area contributed by atoms with E-state index in [9.17, 15) is 9.50 Å². The second kappa shape index (κ2) is 6.38. The third kappa shape index (κ3) is 3.47. The predicted octanol–water partition coefficient (Wildman–Crippen LogP) is 3.46. The summed E-state index contributed by atoms with van der Waals surface area (Å²) < 4.78 is 18.8. The molecule has 0 aliphatic rings. The van der Waals surface area contributed by atoms with Crippen LogP contribution in [0.15, 0.2) is 42.5 Å². The Morgan fingerprint density at radius 2 is 1.95 bits per heavy atom. The van der Waals surface area contributed by atoms with E-state index in [2.05, 4.69) is 0 Å². The van der Waals surface area contributed by atoms with E-state index in [0.29, 0.717) is 10.6 Å². The number of hydrogen-bond donors (Lipinski definition) is 1. The number of halogens is 2. The zero-order chi connectivity index (χ0) is 14.5. The Bertz CT molecular complexity index is 637. The summed E-state index contributed by atoms with van der Waals surface area (Å²) in [7, 11) is 0. The van der Waals surface area contributed by atoms with Crippen LogP contribution in [0.4, 0.5) is 4.39 Å². The minimum atomic E-state index is -0.887. The second-order valence-corrected chi connectivity index (χ2v) is 4.57. The number of nitrogens with zero attached hydrogens (tertiary/aromatic N) is 1. The summed E-state index contributed by atoms with van der Waals surface area (Å²) in [5, 5.41) is 19.1. The fourth-order valence-electron chi connectivity index (χ4n) is 1.64. The van der Waals surface area contributed by atoms with Gasteiger partial charge in [0.1, 0.15) is 12.7 Å². The monoisotopic (exact) mass is 291 g/mol. The van der Waals surface area contributed by atoms with E-state index < -0.39 is 11.9 Å². The number of aliphatic hydroxyl groups is 1. The molecule has 2 rings (SSSR count). The van der Waals surface area contributed by atoms with Crippen LogP contribution in [-0.2, 0) is 0 Å². The van der Waals surface area contributed by atoms with Crippen LogP contribution in [-0.4, -0.2) is 11.7 Å². The molecule has 0 bridgehead atoms. The van der Waals surface area contributed by atoms with Crippen molar-refractivity contribution in [1.82, 2.24) is 0 Å². The molecule has 0 saturated heterocycles. The van der Waals surface area contributed by atoms with Crippen LogP contribution in [0.25, 0.3) is 0 Å². The van der Waals surface area contributed by atoms with Gasteiger partial charge < -0.3 is 9.84 Å². The SMILES string of the molecule is N#Cc1ccc(OCC(O)c2ccc(Cl)cc2)c(F)c1. The summed E-state index contributed by atoms with van der Waals surface area (Å²) in [4.78, 5) is 0. The van der Waals surface area contributed by atoms with Crippen molar-refractivity contribution < 1.29 is 14.2 Å². The van der Waals surface area contributed by atoms with E-state index in [1.54, 1.807) is 24.3 Å². The third-order valence-electron chi connectivity index (χ3n) is 2.71. The quantitative estimate of drug-likeness (QED) is 0.938. The van der Waals surface area contributed by atoms with E-state index in [1.165, 1.54) is 12.1 Å². The lowest BCUT2D eigenvalue weighted by Gasteiger charge is -2.13. The molecule has 3 nitrogen and oxygen atoms in total. The molecule has 0 radical (unpaired) electrons. The Hall–Kier alpha value is -2.09. The minimum Gasteiger partial charge on any atom is -0.487 e. The summed E-state index contributed by atoms with van der Waals surface area (Å²) in [5.41, 5.74) is 0.844. The number of benzene rings is 2. The third-order valence-corrected chi connectivity index (χ3v) is 2.96. The van der Waals surface area contributed by atoms with Gasteiger partial charge in [0, 0.05) is 5.02 Å². The molecule has 1 N–H and O–H groups in total. The van der Waals surface area contributed by atoms with Crippen molar-refractivity contribution in [3.05, 3.63) is 64.4 Å². The number of rotatable bonds is 4. The topological polar surface area (TPSA) is 53.2 Å². The van der Waals surface area contributed by atoms with Gasteiger partial charge >= 0.3 is 0 Å². The Balaban J connectivity index is 2.01. The first-order valence-corrected chi connectivity index (χ1v) is 6.24. The summed E-state index contributed by atoms with van der Waals surface area (Å²) >= 11 is 5.75. The number of nitriles is 1. The lowest BCUT2D eigenvalue weighted by atomic mass is 10.1. The molecule has 102 valence electrons. The van der Waals surface area contributed by atoms with E-state index >= 15 is 0 Å². The lowest BCUT2D eigenvalue weighted by Crippen LogP contribution is -2.10. The predicted molar refractivity (Wildman–Crippen MR) is 73.0 cm³/mol. The minimum absolute atomic E-state index is 0.00277. The maximum absolute atomic E-state index is 13.6. The van der Waals surface area contributed by atoms with Crippen LogP contribution in [0, 0.1) is 17.1 Å². The van der Waals surface area contributed by atoms with Crippen molar-refractivity contribution in [3.8, 4) is 11.8 Å². The van der Waals surface area contributed by atoms with Crippen LogP contribution in [0.5, 0.6) is 5.75 Å². The Morgan fingerprint density at radius 3 is 2.55 bits per heavy atom. The number of aliphatic hydroxyl groups excluding tert-OH is 1. The Labute approximate surface area is 120 Å². The van der Waals surface area contributed by atoms with E-state index in [1.807, 2.05) is 6.07 Å². The highest BCUT2D eigenvalue weighted by Gasteiger charge is 2.11. The van der Waals surface area contributed by atoms with Gasteiger partial charge in [0.25, 0.3) is 0 Å². The normalized spacial score (nSPS) is 11.7. The first kappa shape index (κ1) is 14.3. The van der Waals surface area contributed by atoms with Gasteiger partial charge in [-0.15, -0.1) is 0 Å². The second-order valence-electron chi connectivity index (χ2n) is 4.14. The highest BCUT2D eigenvalue weighted by atomic mass is 35.5. The van der Waals surface area contributed by atoms with Crippen LogP contribution >= 0.6 is 11.6 Å². The van der Waals surface area contributed by atoms with Gasteiger partial charge in [-0.25, -0.2) is 4.39 Å². The summed E-state index contributed by atoms with van der Waals surface area (Å²) in [5.74, 6) is -0.635. The average Bonchev–Trinajstić information content (AvgIpc) is 2.46. The zero-order valence-electron chi connectivity index (χ0n) is 10.4. The molecular weight excluding hydrogens is 281 g/mol. The molecule has 0 aromatic heterocycles. The molecule has 0 spiro atoms. The van der Waals surface area contributed by atoms with Crippen LogP contribution in [0.2, 0.25) is 5.02 Å². The smallest absolute Gasteiger partial charge is 0.166 e. The molecule has 0 saturated carbocycles.